The fourth-order valence-electron chi connectivity index (χ4n) is 2.52. The van der Waals surface area contributed by atoms with Crippen LogP contribution < -0.4 is 4.74 Å². The Morgan fingerprint density at radius 1 is 1.47 bits per heavy atom. The molecule has 1 aromatic carbocycles. The predicted molar refractivity (Wildman–Crippen MR) is 81.1 cm³/mol. The summed E-state index contributed by atoms with van der Waals surface area (Å²) in [6.45, 7) is 2.82. The number of thiophene rings is 1. The summed E-state index contributed by atoms with van der Waals surface area (Å²) in [5.74, 6) is 0.867. The number of ether oxygens (including phenoxy) is 1. The van der Waals surface area contributed by atoms with E-state index >= 15 is 0 Å². The molecular formula is C15H15BrO2S. The maximum absolute atomic E-state index is 10.7. The highest BCUT2D eigenvalue weighted by atomic mass is 79.9. The Bertz CT molecular complexity index is 606. The second-order valence-electron chi connectivity index (χ2n) is 4.65. The third-order valence-corrected chi connectivity index (χ3v) is 4.95. The zero-order valence-electron chi connectivity index (χ0n) is 10.6. The first-order valence-electron chi connectivity index (χ1n) is 6.40. The Morgan fingerprint density at radius 2 is 2.32 bits per heavy atom. The van der Waals surface area contributed by atoms with Gasteiger partial charge in [-0.3, -0.25) is 0 Å². The van der Waals surface area contributed by atoms with Crippen molar-refractivity contribution in [3.05, 3.63) is 49.6 Å². The van der Waals surface area contributed by atoms with E-state index in [1.807, 2.05) is 11.4 Å². The molecule has 4 heteroatoms. The van der Waals surface area contributed by atoms with Crippen molar-refractivity contribution in [2.24, 2.45) is 0 Å². The van der Waals surface area contributed by atoms with Gasteiger partial charge in [-0.1, -0.05) is 22.9 Å². The van der Waals surface area contributed by atoms with Crippen LogP contribution in [-0.4, -0.2) is 11.7 Å². The molecule has 0 spiro atoms. The molecule has 1 atom stereocenters. The van der Waals surface area contributed by atoms with E-state index < -0.39 is 6.10 Å². The molecule has 0 radical (unpaired) electrons. The lowest BCUT2D eigenvalue weighted by molar-refractivity contribution is 0.216. The Balaban J connectivity index is 2.07. The lowest BCUT2D eigenvalue weighted by Crippen LogP contribution is -2.03. The van der Waals surface area contributed by atoms with Crippen LogP contribution in [0.15, 0.2) is 28.1 Å². The van der Waals surface area contributed by atoms with Crippen molar-refractivity contribution in [2.75, 3.05) is 6.61 Å². The molecule has 0 amide bonds. The van der Waals surface area contributed by atoms with Crippen LogP contribution >= 0.6 is 27.3 Å². The fourth-order valence-corrected chi connectivity index (χ4v) is 4.04. The summed E-state index contributed by atoms with van der Waals surface area (Å²) in [5.41, 5.74) is 3.27. The molecular weight excluding hydrogens is 324 g/mol. The first-order valence-corrected chi connectivity index (χ1v) is 8.07. The molecule has 1 N–H and O–H groups in total. The van der Waals surface area contributed by atoms with Gasteiger partial charge in [0, 0.05) is 21.3 Å². The van der Waals surface area contributed by atoms with Crippen LogP contribution in [0.4, 0.5) is 0 Å². The van der Waals surface area contributed by atoms with E-state index in [1.165, 1.54) is 11.1 Å². The third kappa shape index (κ3) is 2.33. The highest BCUT2D eigenvalue weighted by Gasteiger charge is 2.24. The topological polar surface area (TPSA) is 29.5 Å². The number of hydrogen-bond acceptors (Lipinski definition) is 3. The van der Waals surface area contributed by atoms with Gasteiger partial charge in [-0.15, -0.1) is 11.3 Å². The average Bonchev–Trinajstić information content (AvgIpc) is 3.04. The van der Waals surface area contributed by atoms with E-state index in [9.17, 15) is 5.11 Å². The van der Waals surface area contributed by atoms with Crippen LogP contribution in [-0.2, 0) is 12.8 Å². The van der Waals surface area contributed by atoms with Gasteiger partial charge in [0.15, 0.2) is 0 Å². The number of hydrogen-bond donors (Lipinski definition) is 1. The molecule has 3 rings (SSSR count). The quantitative estimate of drug-likeness (QED) is 0.913. The van der Waals surface area contributed by atoms with Crippen molar-refractivity contribution in [3.8, 4) is 5.75 Å². The lowest BCUT2D eigenvalue weighted by Gasteiger charge is -2.15. The summed E-state index contributed by atoms with van der Waals surface area (Å²) in [7, 11) is 0. The second-order valence-corrected chi connectivity index (χ2v) is 6.51. The SMILES string of the molecule is CCc1ccsc1C(O)c1cc(Br)cc2c1OCC2. The zero-order valence-corrected chi connectivity index (χ0v) is 13.1. The fraction of sp³-hybridized carbons (Fsp3) is 0.333. The van der Waals surface area contributed by atoms with Crippen molar-refractivity contribution in [1.29, 1.82) is 0 Å². The second kappa shape index (κ2) is 5.27. The molecule has 2 heterocycles. The highest BCUT2D eigenvalue weighted by Crippen LogP contribution is 2.40. The maximum atomic E-state index is 10.7. The molecule has 2 nitrogen and oxygen atoms in total. The van der Waals surface area contributed by atoms with Crippen LogP contribution in [0.1, 0.15) is 34.6 Å². The first kappa shape index (κ1) is 13.2. The number of aliphatic hydroxyl groups excluding tert-OH is 1. The van der Waals surface area contributed by atoms with E-state index in [-0.39, 0.29) is 0 Å². The van der Waals surface area contributed by atoms with Gasteiger partial charge >= 0.3 is 0 Å². The standard InChI is InChI=1S/C15H15BrO2S/c1-2-9-4-6-19-15(9)13(17)12-8-11(16)7-10-3-5-18-14(10)12/h4,6-8,13,17H,2-3,5H2,1H3. The minimum atomic E-state index is -0.598. The summed E-state index contributed by atoms with van der Waals surface area (Å²) < 4.78 is 6.70. The molecule has 0 bridgehead atoms. The van der Waals surface area contributed by atoms with Gasteiger partial charge in [-0.05, 0) is 41.1 Å². The van der Waals surface area contributed by atoms with E-state index in [1.54, 1.807) is 11.3 Å². The van der Waals surface area contributed by atoms with E-state index in [0.717, 1.165) is 33.5 Å². The van der Waals surface area contributed by atoms with Gasteiger partial charge in [0.05, 0.1) is 6.61 Å². The first-order chi connectivity index (χ1) is 9.20. The van der Waals surface area contributed by atoms with E-state index in [0.29, 0.717) is 6.61 Å². The molecule has 0 aliphatic carbocycles. The number of rotatable bonds is 3. The van der Waals surface area contributed by atoms with Gasteiger partial charge in [0.25, 0.3) is 0 Å². The molecule has 19 heavy (non-hydrogen) atoms. The van der Waals surface area contributed by atoms with Crippen molar-refractivity contribution in [1.82, 2.24) is 0 Å². The van der Waals surface area contributed by atoms with E-state index in [4.69, 9.17) is 4.74 Å². The van der Waals surface area contributed by atoms with Crippen molar-refractivity contribution in [2.45, 2.75) is 25.9 Å². The van der Waals surface area contributed by atoms with Crippen LogP contribution in [0.2, 0.25) is 0 Å². The molecule has 1 aromatic heterocycles. The number of aryl methyl sites for hydroxylation is 1. The lowest BCUT2D eigenvalue weighted by atomic mass is 10.0. The zero-order chi connectivity index (χ0) is 13.4. The van der Waals surface area contributed by atoms with Crippen LogP contribution in [0.3, 0.4) is 0 Å². The summed E-state index contributed by atoms with van der Waals surface area (Å²) in [4.78, 5) is 1.03. The minimum absolute atomic E-state index is 0.598. The highest BCUT2D eigenvalue weighted by molar-refractivity contribution is 9.10. The molecule has 1 aliphatic heterocycles. The average molecular weight is 339 g/mol. The Morgan fingerprint density at radius 3 is 3.11 bits per heavy atom. The largest absolute Gasteiger partial charge is 0.493 e. The van der Waals surface area contributed by atoms with Crippen molar-refractivity contribution >= 4 is 27.3 Å². The number of fused-ring (bicyclic) bond motifs is 1. The van der Waals surface area contributed by atoms with Gasteiger partial charge in [-0.25, -0.2) is 0 Å². The minimum Gasteiger partial charge on any atom is -0.493 e. The number of halogens is 1. The molecule has 2 aromatic rings. The monoisotopic (exact) mass is 338 g/mol. The molecule has 0 saturated heterocycles. The molecule has 0 fully saturated rings. The Labute approximate surface area is 125 Å². The summed E-state index contributed by atoms with van der Waals surface area (Å²) >= 11 is 5.13. The van der Waals surface area contributed by atoms with Crippen LogP contribution in [0.25, 0.3) is 0 Å². The van der Waals surface area contributed by atoms with E-state index in [2.05, 4.69) is 35.0 Å². The van der Waals surface area contributed by atoms with Crippen molar-refractivity contribution < 1.29 is 9.84 Å². The molecule has 1 aliphatic rings. The smallest absolute Gasteiger partial charge is 0.128 e. The summed E-state index contributed by atoms with van der Waals surface area (Å²) in [6.07, 6.45) is 1.26. The molecule has 100 valence electrons. The normalized spacial score (nSPS) is 15.1. The summed E-state index contributed by atoms with van der Waals surface area (Å²) in [5, 5.41) is 12.7. The van der Waals surface area contributed by atoms with Crippen molar-refractivity contribution in [3.63, 3.8) is 0 Å². The molecule has 1 unspecified atom stereocenters. The molecule has 0 saturated carbocycles. The Kier molecular flexibility index (Phi) is 3.65. The maximum Gasteiger partial charge on any atom is 0.128 e. The van der Waals surface area contributed by atoms with Crippen LogP contribution in [0, 0.1) is 0 Å². The van der Waals surface area contributed by atoms with Gasteiger partial charge in [0.1, 0.15) is 11.9 Å². The summed E-state index contributed by atoms with van der Waals surface area (Å²) in [6, 6.07) is 6.13. The Hall–Kier alpha value is -0.840. The number of aliphatic hydroxyl groups is 1. The number of benzene rings is 1. The third-order valence-electron chi connectivity index (χ3n) is 3.48. The van der Waals surface area contributed by atoms with Gasteiger partial charge in [-0.2, -0.15) is 0 Å². The van der Waals surface area contributed by atoms with Gasteiger partial charge in [0.2, 0.25) is 0 Å². The van der Waals surface area contributed by atoms with Crippen LogP contribution in [0.5, 0.6) is 5.75 Å². The van der Waals surface area contributed by atoms with Gasteiger partial charge < -0.3 is 9.84 Å². The predicted octanol–water partition coefficient (Wildman–Crippen LogP) is 4.09.